The second-order valence-corrected chi connectivity index (χ2v) is 2.11. The molecule has 0 aromatic heterocycles. The van der Waals surface area contributed by atoms with E-state index in [0.29, 0.717) is 10.7 Å². The minimum atomic E-state index is 0.523. The molecule has 0 fully saturated rings. The molecule has 0 aliphatic carbocycles. The molecule has 0 heterocycles. The van der Waals surface area contributed by atoms with Gasteiger partial charge in [-0.2, -0.15) is 0 Å². The van der Waals surface area contributed by atoms with Crippen LogP contribution in [0.2, 0.25) is 0 Å². The maximum absolute atomic E-state index is 9.18. The maximum atomic E-state index is 9.18. The number of hydrogen-bond donors (Lipinski definition) is 0. The Balaban J connectivity index is 2.30. The van der Waals surface area contributed by atoms with Crippen LogP contribution in [0.15, 0.2) is 0 Å². The van der Waals surface area contributed by atoms with Crippen molar-refractivity contribution >= 4 is 21.5 Å². The lowest BCUT2D eigenvalue weighted by molar-refractivity contribution is 0.611. The summed E-state index contributed by atoms with van der Waals surface area (Å²) in [7, 11) is 1.74. The third-order valence-electron chi connectivity index (χ3n) is 0.0680. The molecule has 0 radical (unpaired) electrons. The van der Waals surface area contributed by atoms with Crippen molar-refractivity contribution in [2.24, 2.45) is 0 Å². The molecular weight excluding hydrogens is 92.1 g/mol. The maximum Gasteiger partial charge on any atom is 0.548 e. The van der Waals surface area contributed by atoms with Gasteiger partial charge in [-0.05, 0) is 0 Å². The molecular formula is CH3OS2+. The van der Waals surface area contributed by atoms with E-state index in [9.17, 15) is 4.21 Å². The van der Waals surface area contributed by atoms with E-state index in [1.165, 1.54) is 10.8 Å². The lowest BCUT2D eigenvalue weighted by Gasteiger charge is -1.25. The fraction of sp³-hybridized carbons (Fsp3) is 1.00. The lowest BCUT2D eigenvalue weighted by atomic mass is 12.0. The quantitative estimate of drug-likeness (QED) is 0.352. The van der Waals surface area contributed by atoms with Gasteiger partial charge in [-0.15, -0.1) is 0 Å². The standard InChI is InChI=1S/CH3OS2/c1-3-4-2/h1H3/q+1. The second kappa shape index (κ2) is 3.37. The van der Waals surface area contributed by atoms with Crippen molar-refractivity contribution < 1.29 is 4.21 Å². The average Bonchev–Trinajstić information content (AvgIpc) is 1.37. The molecule has 0 aliphatic rings. The van der Waals surface area contributed by atoms with E-state index in [2.05, 4.69) is 0 Å². The van der Waals surface area contributed by atoms with Crippen molar-refractivity contribution in [3.8, 4) is 0 Å². The van der Waals surface area contributed by atoms with Gasteiger partial charge in [-0.1, -0.05) is 0 Å². The van der Waals surface area contributed by atoms with Gasteiger partial charge in [0.1, 0.15) is 0 Å². The van der Waals surface area contributed by atoms with Crippen LogP contribution < -0.4 is 0 Å². The van der Waals surface area contributed by atoms with Crippen LogP contribution in [0.4, 0.5) is 0 Å². The van der Waals surface area contributed by atoms with E-state index in [0.717, 1.165) is 0 Å². The summed E-state index contributed by atoms with van der Waals surface area (Å²) in [4.78, 5) is 0. The predicted molar refractivity (Wildman–Crippen MR) is 21.6 cm³/mol. The largest absolute Gasteiger partial charge is 0.548 e. The van der Waals surface area contributed by atoms with E-state index >= 15 is 0 Å². The van der Waals surface area contributed by atoms with Gasteiger partial charge in [-0.25, -0.2) is 0 Å². The van der Waals surface area contributed by atoms with Crippen molar-refractivity contribution in [3.05, 3.63) is 0 Å². The highest BCUT2D eigenvalue weighted by Crippen LogP contribution is 1.80. The first kappa shape index (κ1) is 4.37. The first-order chi connectivity index (χ1) is 1.91. The monoisotopic (exact) mass is 95.0 g/mol. The molecule has 0 saturated carbocycles. The third kappa shape index (κ3) is 2.37. The Morgan fingerprint density at radius 2 is 2.25 bits per heavy atom. The van der Waals surface area contributed by atoms with E-state index in [4.69, 9.17) is 0 Å². The van der Waals surface area contributed by atoms with Gasteiger partial charge >= 0.3 is 10.7 Å². The van der Waals surface area contributed by atoms with Crippen molar-refractivity contribution in [3.63, 3.8) is 0 Å². The molecule has 0 rings (SSSR count). The van der Waals surface area contributed by atoms with E-state index < -0.39 is 0 Å². The van der Waals surface area contributed by atoms with Crippen LogP contribution in [0, 0.1) is 0 Å². The summed E-state index contributed by atoms with van der Waals surface area (Å²) < 4.78 is 9.18. The highest BCUT2D eigenvalue weighted by molar-refractivity contribution is 8.61. The Kier molecular flexibility index (Phi) is 3.68. The van der Waals surface area contributed by atoms with Crippen LogP contribution in [-0.4, -0.2) is 6.26 Å². The Labute approximate surface area is 32.7 Å². The van der Waals surface area contributed by atoms with E-state index in [1.807, 2.05) is 0 Å². The van der Waals surface area contributed by atoms with Crippen molar-refractivity contribution in [2.45, 2.75) is 0 Å². The molecule has 0 aliphatic heterocycles. The molecule has 0 unspecified atom stereocenters. The SMILES string of the molecule is CS[S+]=O. The highest BCUT2D eigenvalue weighted by atomic mass is 33.1. The topological polar surface area (TPSA) is 17.1 Å². The molecule has 3 heteroatoms. The summed E-state index contributed by atoms with van der Waals surface area (Å²) in [5.41, 5.74) is 0. The summed E-state index contributed by atoms with van der Waals surface area (Å²) >= 11 is 0. The van der Waals surface area contributed by atoms with Gasteiger partial charge in [0.25, 0.3) is 0 Å². The Morgan fingerprint density at radius 1 is 2.00 bits per heavy atom. The van der Waals surface area contributed by atoms with Gasteiger partial charge in [0.05, 0.1) is 4.21 Å². The zero-order chi connectivity index (χ0) is 3.41. The molecule has 0 spiro atoms. The summed E-state index contributed by atoms with van der Waals surface area (Å²) in [5, 5.41) is 0. The third-order valence-corrected chi connectivity index (χ3v) is 0.612. The van der Waals surface area contributed by atoms with E-state index in [-0.39, 0.29) is 0 Å². The van der Waals surface area contributed by atoms with Crippen LogP contribution in [0.1, 0.15) is 0 Å². The van der Waals surface area contributed by atoms with Crippen molar-refractivity contribution in [2.75, 3.05) is 6.26 Å². The molecule has 0 aromatic carbocycles. The predicted octanol–water partition coefficient (Wildman–Crippen LogP) is 0.692. The summed E-state index contributed by atoms with van der Waals surface area (Å²) in [6.45, 7) is 0. The first-order valence-corrected chi connectivity index (χ1v) is 3.22. The Morgan fingerprint density at radius 3 is 2.25 bits per heavy atom. The molecule has 0 atom stereocenters. The number of hydrogen-bond acceptors (Lipinski definition) is 2. The van der Waals surface area contributed by atoms with Gasteiger partial charge in [0.15, 0.2) is 0 Å². The number of rotatable bonds is 1. The highest BCUT2D eigenvalue weighted by Gasteiger charge is 1.82. The second-order valence-electron chi connectivity index (χ2n) is 0.235. The molecule has 0 bridgehead atoms. The minimum absolute atomic E-state index is 0.523. The zero-order valence-electron chi connectivity index (χ0n) is 2.22. The zero-order valence-corrected chi connectivity index (χ0v) is 3.86. The normalized spacial score (nSPS) is 6.25. The van der Waals surface area contributed by atoms with Crippen molar-refractivity contribution in [1.29, 1.82) is 0 Å². The van der Waals surface area contributed by atoms with Crippen LogP contribution in [0.3, 0.4) is 0 Å². The Hall–Kier alpha value is 0.370. The summed E-state index contributed by atoms with van der Waals surface area (Å²) in [6, 6.07) is 0. The summed E-state index contributed by atoms with van der Waals surface area (Å²) in [5.74, 6) is 0. The first-order valence-electron chi connectivity index (χ1n) is 0.742. The molecule has 4 heavy (non-hydrogen) atoms. The molecule has 0 saturated heterocycles. The molecule has 24 valence electrons. The fourth-order valence-corrected chi connectivity index (χ4v) is 0. The van der Waals surface area contributed by atoms with Gasteiger partial charge in [0.2, 0.25) is 10.8 Å². The minimum Gasteiger partial charge on any atom is 0.0463 e. The van der Waals surface area contributed by atoms with Gasteiger partial charge < -0.3 is 0 Å². The smallest absolute Gasteiger partial charge is 0.0463 e. The molecule has 0 amide bonds. The summed E-state index contributed by atoms with van der Waals surface area (Å²) in [6.07, 6.45) is 1.75. The Bertz CT molecular complexity index is 20.0. The van der Waals surface area contributed by atoms with Crippen LogP contribution in [0.25, 0.3) is 0 Å². The van der Waals surface area contributed by atoms with Crippen LogP contribution >= 0.6 is 10.8 Å². The molecule has 1 nitrogen and oxygen atoms in total. The van der Waals surface area contributed by atoms with E-state index in [1.54, 1.807) is 6.26 Å². The van der Waals surface area contributed by atoms with Crippen LogP contribution in [0.5, 0.6) is 0 Å². The van der Waals surface area contributed by atoms with Crippen LogP contribution in [-0.2, 0) is 14.9 Å². The molecule has 0 N–H and O–H groups in total. The van der Waals surface area contributed by atoms with Gasteiger partial charge in [-0.3, -0.25) is 0 Å². The molecule has 0 aromatic rings. The fourth-order valence-electron chi connectivity index (χ4n) is 0. The lowest BCUT2D eigenvalue weighted by Crippen LogP contribution is -1.33. The van der Waals surface area contributed by atoms with Crippen molar-refractivity contribution in [1.82, 2.24) is 0 Å². The van der Waals surface area contributed by atoms with Gasteiger partial charge in [0, 0.05) is 6.26 Å². The average molecular weight is 95.2 g/mol.